The zero-order valence-corrected chi connectivity index (χ0v) is 13.0. The highest BCUT2D eigenvalue weighted by molar-refractivity contribution is 5.59. The highest BCUT2D eigenvalue weighted by atomic mass is 15.2. The Morgan fingerprint density at radius 2 is 1.95 bits per heavy atom. The molecule has 1 aromatic rings. The number of nitrogens with one attached hydrogen (secondary N) is 1. The van der Waals surface area contributed by atoms with Gasteiger partial charge in [-0.05, 0) is 26.2 Å². The summed E-state index contributed by atoms with van der Waals surface area (Å²) in [4.78, 5) is 11.9. The molecule has 0 saturated carbocycles. The summed E-state index contributed by atoms with van der Waals surface area (Å²) in [6, 6.07) is 0.563. The van der Waals surface area contributed by atoms with Gasteiger partial charge < -0.3 is 10.2 Å². The number of hydrogen-bond donors (Lipinski definition) is 1. The standard InChI is InChI=1S/C15H26N4/c1-9(2)13-17-14(16-6)12(5)15(18-13)19-8-10(3)7-11(19)4/h9-11H,7-8H2,1-6H3,(H,16,17,18). The van der Waals surface area contributed by atoms with Crippen LogP contribution in [0.5, 0.6) is 0 Å². The van der Waals surface area contributed by atoms with E-state index < -0.39 is 0 Å². The second-order valence-electron chi connectivity index (χ2n) is 6.13. The molecular weight excluding hydrogens is 236 g/mol. The molecule has 1 fully saturated rings. The van der Waals surface area contributed by atoms with Crippen molar-refractivity contribution < 1.29 is 0 Å². The van der Waals surface area contributed by atoms with Gasteiger partial charge in [0.1, 0.15) is 17.5 Å². The lowest BCUT2D eigenvalue weighted by atomic mass is 10.1. The fourth-order valence-corrected chi connectivity index (χ4v) is 2.90. The quantitative estimate of drug-likeness (QED) is 0.908. The molecule has 0 radical (unpaired) electrons. The third kappa shape index (κ3) is 2.67. The van der Waals surface area contributed by atoms with Crippen LogP contribution in [-0.2, 0) is 0 Å². The van der Waals surface area contributed by atoms with Crippen LogP contribution < -0.4 is 10.2 Å². The van der Waals surface area contributed by atoms with Crippen LogP contribution in [0.15, 0.2) is 0 Å². The van der Waals surface area contributed by atoms with E-state index in [4.69, 9.17) is 4.98 Å². The van der Waals surface area contributed by atoms with Gasteiger partial charge in [-0.3, -0.25) is 0 Å². The van der Waals surface area contributed by atoms with Gasteiger partial charge in [-0.2, -0.15) is 0 Å². The summed E-state index contributed by atoms with van der Waals surface area (Å²) in [6.45, 7) is 12.1. The summed E-state index contributed by atoms with van der Waals surface area (Å²) in [5.41, 5.74) is 1.16. The predicted octanol–water partition coefficient (Wildman–Crippen LogP) is 3.18. The van der Waals surface area contributed by atoms with Crippen LogP contribution in [0.25, 0.3) is 0 Å². The molecule has 1 saturated heterocycles. The monoisotopic (exact) mass is 262 g/mol. The predicted molar refractivity (Wildman–Crippen MR) is 81.0 cm³/mol. The molecule has 2 atom stereocenters. The first-order valence-electron chi connectivity index (χ1n) is 7.27. The Labute approximate surface area is 116 Å². The van der Waals surface area contributed by atoms with Gasteiger partial charge >= 0.3 is 0 Å². The topological polar surface area (TPSA) is 41.1 Å². The molecule has 4 nitrogen and oxygen atoms in total. The Kier molecular flexibility index (Phi) is 3.97. The van der Waals surface area contributed by atoms with Gasteiger partial charge in [0, 0.05) is 31.1 Å². The normalized spacial score (nSPS) is 23.2. The summed E-state index contributed by atoms with van der Waals surface area (Å²) < 4.78 is 0. The summed E-state index contributed by atoms with van der Waals surface area (Å²) in [5.74, 6) is 4.09. The largest absolute Gasteiger partial charge is 0.373 e. The van der Waals surface area contributed by atoms with Crippen molar-refractivity contribution >= 4 is 11.6 Å². The van der Waals surface area contributed by atoms with Crippen molar-refractivity contribution in [2.45, 2.75) is 53.0 Å². The van der Waals surface area contributed by atoms with E-state index in [0.29, 0.717) is 12.0 Å². The highest BCUT2D eigenvalue weighted by Crippen LogP contribution is 2.32. The second kappa shape index (κ2) is 5.35. The third-order valence-corrected chi connectivity index (χ3v) is 3.95. The van der Waals surface area contributed by atoms with Crippen LogP contribution in [0.3, 0.4) is 0 Å². The van der Waals surface area contributed by atoms with Gasteiger partial charge in [-0.15, -0.1) is 0 Å². The maximum absolute atomic E-state index is 4.82. The van der Waals surface area contributed by atoms with Gasteiger partial charge in [0.2, 0.25) is 0 Å². The number of aromatic nitrogens is 2. The van der Waals surface area contributed by atoms with Crippen molar-refractivity contribution in [1.29, 1.82) is 0 Å². The molecule has 0 amide bonds. The van der Waals surface area contributed by atoms with Crippen LogP contribution in [0.2, 0.25) is 0 Å². The van der Waals surface area contributed by atoms with E-state index in [1.807, 2.05) is 7.05 Å². The Hall–Kier alpha value is -1.32. The molecule has 1 aromatic heterocycles. The van der Waals surface area contributed by atoms with Gasteiger partial charge in [-0.25, -0.2) is 9.97 Å². The summed E-state index contributed by atoms with van der Waals surface area (Å²) in [6.07, 6.45) is 1.25. The Morgan fingerprint density at radius 3 is 2.42 bits per heavy atom. The second-order valence-corrected chi connectivity index (χ2v) is 6.13. The van der Waals surface area contributed by atoms with E-state index >= 15 is 0 Å². The van der Waals surface area contributed by atoms with E-state index in [1.165, 1.54) is 6.42 Å². The van der Waals surface area contributed by atoms with E-state index in [2.05, 4.69) is 49.8 Å². The number of nitrogens with zero attached hydrogens (tertiary/aromatic N) is 3. The lowest BCUT2D eigenvalue weighted by Crippen LogP contribution is -2.29. The first-order chi connectivity index (χ1) is 8.93. The van der Waals surface area contributed by atoms with Crippen molar-refractivity contribution in [3.05, 3.63) is 11.4 Å². The molecular formula is C15H26N4. The lowest BCUT2D eigenvalue weighted by molar-refractivity contribution is 0.625. The van der Waals surface area contributed by atoms with Crippen LogP contribution in [0.4, 0.5) is 11.6 Å². The van der Waals surface area contributed by atoms with Gasteiger partial charge in [-0.1, -0.05) is 20.8 Å². The minimum Gasteiger partial charge on any atom is -0.373 e. The van der Waals surface area contributed by atoms with Gasteiger partial charge in [0.25, 0.3) is 0 Å². The summed E-state index contributed by atoms with van der Waals surface area (Å²) in [7, 11) is 1.93. The van der Waals surface area contributed by atoms with Crippen LogP contribution in [-0.4, -0.2) is 29.6 Å². The minimum atomic E-state index is 0.349. The number of rotatable bonds is 3. The molecule has 0 bridgehead atoms. The zero-order chi connectivity index (χ0) is 14.2. The van der Waals surface area contributed by atoms with E-state index in [1.54, 1.807) is 0 Å². The highest BCUT2D eigenvalue weighted by Gasteiger charge is 2.29. The molecule has 19 heavy (non-hydrogen) atoms. The molecule has 1 aliphatic heterocycles. The molecule has 1 aliphatic rings. The molecule has 0 aliphatic carbocycles. The molecule has 0 spiro atoms. The molecule has 2 unspecified atom stereocenters. The van der Waals surface area contributed by atoms with Crippen molar-refractivity contribution in [3.8, 4) is 0 Å². The smallest absolute Gasteiger partial charge is 0.137 e. The molecule has 4 heteroatoms. The van der Waals surface area contributed by atoms with Crippen molar-refractivity contribution in [3.63, 3.8) is 0 Å². The van der Waals surface area contributed by atoms with Crippen molar-refractivity contribution in [1.82, 2.24) is 9.97 Å². The molecule has 0 aromatic carbocycles. The first-order valence-corrected chi connectivity index (χ1v) is 7.27. The molecule has 2 heterocycles. The summed E-state index contributed by atoms with van der Waals surface area (Å²) >= 11 is 0. The molecule has 106 valence electrons. The van der Waals surface area contributed by atoms with E-state index in [9.17, 15) is 0 Å². The fourth-order valence-electron chi connectivity index (χ4n) is 2.90. The Balaban J connectivity index is 2.46. The summed E-state index contributed by atoms with van der Waals surface area (Å²) in [5, 5.41) is 3.20. The van der Waals surface area contributed by atoms with Crippen molar-refractivity contribution in [2.24, 2.45) is 5.92 Å². The van der Waals surface area contributed by atoms with Crippen molar-refractivity contribution in [2.75, 3.05) is 23.8 Å². The Bertz CT molecular complexity index is 456. The van der Waals surface area contributed by atoms with E-state index in [0.717, 1.165) is 35.5 Å². The van der Waals surface area contributed by atoms with Gasteiger partial charge in [0.15, 0.2) is 0 Å². The molecule has 1 N–H and O–H groups in total. The first kappa shape index (κ1) is 14.1. The van der Waals surface area contributed by atoms with E-state index in [-0.39, 0.29) is 0 Å². The fraction of sp³-hybridized carbons (Fsp3) is 0.733. The SMILES string of the molecule is CNc1nc(C(C)C)nc(N2CC(C)CC2C)c1C. The lowest BCUT2D eigenvalue weighted by Gasteiger charge is -2.26. The average molecular weight is 262 g/mol. The third-order valence-electron chi connectivity index (χ3n) is 3.95. The average Bonchev–Trinajstić information content (AvgIpc) is 2.68. The molecule has 2 rings (SSSR count). The number of hydrogen-bond acceptors (Lipinski definition) is 4. The number of anilines is 2. The van der Waals surface area contributed by atoms with Crippen LogP contribution >= 0.6 is 0 Å². The maximum atomic E-state index is 4.82. The maximum Gasteiger partial charge on any atom is 0.137 e. The van der Waals surface area contributed by atoms with Crippen LogP contribution in [0.1, 0.15) is 51.4 Å². The zero-order valence-electron chi connectivity index (χ0n) is 13.0. The van der Waals surface area contributed by atoms with Gasteiger partial charge in [0.05, 0.1) is 0 Å². The minimum absolute atomic E-state index is 0.349. The Morgan fingerprint density at radius 1 is 1.26 bits per heavy atom. The van der Waals surface area contributed by atoms with Crippen LogP contribution in [0, 0.1) is 12.8 Å².